The monoisotopic (exact) mass is 369 g/mol. The zero-order valence-electron chi connectivity index (χ0n) is 13.7. The lowest BCUT2D eigenvalue weighted by atomic mass is 10.3. The van der Waals surface area contributed by atoms with Gasteiger partial charge in [0.25, 0.3) is 0 Å². The van der Waals surface area contributed by atoms with Crippen molar-refractivity contribution < 1.29 is 0 Å². The molecule has 0 aliphatic heterocycles. The molecule has 4 aromatic rings. The molecule has 0 fully saturated rings. The fourth-order valence-electron chi connectivity index (χ4n) is 2.56. The number of pyridine rings is 1. The summed E-state index contributed by atoms with van der Waals surface area (Å²) in [7, 11) is 1.75. The van der Waals surface area contributed by atoms with Crippen molar-refractivity contribution in [1.29, 1.82) is 0 Å². The van der Waals surface area contributed by atoms with Crippen molar-refractivity contribution in [3.05, 3.63) is 59.0 Å². The van der Waals surface area contributed by atoms with Crippen LogP contribution in [0.25, 0.3) is 26.5 Å². The van der Waals surface area contributed by atoms with E-state index in [2.05, 4.69) is 15.1 Å². The summed E-state index contributed by atoms with van der Waals surface area (Å²) in [5, 5.41) is 5.38. The van der Waals surface area contributed by atoms with Gasteiger partial charge in [0.05, 0.1) is 21.7 Å². The van der Waals surface area contributed by atoms with Gasteiger partial charge in [0.1, 0.15) is 10.8 Å². The van der Waals surface area contributed by atoms with Gasteiger partial charge in [0.15, 0.2) is 0 Å². The third-order valence-corrected chi connectivity index (χ3v) is 5.48. The molecule has 0 amide bonds. The normalized spacial score (nSPS) is 11.3. The van der Waals surface area contributed by atoms with Gasteiger partial charge >= 0.3 is 5.69 Å². The van der Waals surface area contributed by atoms with Crippen molar-refractivity contribution in [3.63, 3.8) is 0 Å². The highest BCUT2D eigenvalue weighted by Crippen LogP contribution is 2.30. The van der Waals surface area contributed by atoms with E-state index < -0.39 is 0 Å². The second-order valence-electron chi connectivity index (χ2n) is 5.52. The summed E-state index contributed by atoms with van der Waals surface area (Å²) in [5.41, 5.74) is 2.51. The zero-order valence-corrected chi connectivity index (χ0v) is 15.3. The first kappa shape index (κ1) is 16.0. The molecule has 0 bridgehead atoms. The molecule has 0 saturated carbocycles. The molecule has 3 heterocycles. The summed E-state index contributed by atoms with van der Waals surface area (Å²) in [6, 6.07) is 9.66. The van der Waals surface area contributed by atoms with Gasteiger partial charge in [-0.25, -0.2) is 9.78 Å². The van der Waals surface area contributed by atoms with E-state index in [4.69, 9.17) is 0 Å². The van der Waals surface area contributed by atoms with Crippen LogP contribution in [0.3, 0.4) is 0 Å². The molecule has 0 spiro atoms. The average molecular weight is 369 g/mol. The molecule has 3 aromatic heterocycles. The van der Waals surface area contributed by atoms with Crippen molar-refractivity contribution in [2.45, 2.75) is 5.75 Å². The quantitative estimate of drug-likeness (QED) is 0.553. The molecule has 0 radical (unpaired) electrons. The molecule has 0 unspecified atom stereocenters. The molecule has 1 aromatic carbocycles. The second-order valence-corrected chi connectivity index (χ2v) is 7.41. The van der Waals surface area contributed by atoms with Crippen LogP contribution in [0.1, 0.15) is 5.82 Å². The maximum atomic E-state index is 12.5. The maximum Gasteiger partial charge on any atom is 0.350 e. The van der Waals surface area contributed by atoms with E-state index in [1.165, 1.54) is 4.68 Å². The van der Waals surface area contributed by atoms with Crippen LogP contribution in [0.5, 0.6) is 0 Å². The smallest absolute Gasteiger partial charge is 0.281 e. The van der Waals surface area contributed by atoms with Crippen LogP contribution in [0.15, 0.2) is 47.5 Å². The Balaban J connectivity index is 1.80. The van der Waals surface area contributed by atoms with E-state index in [0.29, 0.717) is 5.75 Å². The highest BCUT2D eigenvalue weighted by atomic mass is 32.2. The summed E-state index contributed by atoms with van der Waals surface area (Å²) in [5.74, 6) is 1.46. The summed E-state index contributed by atoms with van der Waals surface area (Å²) in [6.45, 7) is 0. The number of fused-ring (bicyclic) bond motifs is 1. The van der Waals surface area contributed by atoms with Crippen molar-refractivity contribution in [1.82, 2.24) is 24.3 Å². The Morgan fingerprint density at radius 1 is 1.28 bits per heavy atom. The summed E-state index contributed by atoms with van der Waals surface area (Å²) >= 11 is 3.22. The van der Waals surface area contributed by atoms with Crippen LogP contribution in [0.4, 0.5) is 0 Å². The van der Waals surface area contributed by atoms with Crippen LogP contribution in [0, 0.1) is 0 Å². The third kappa shape index (κ3) is 2.87. The first-order chi connectivity index (χ1) is 12.2. The molecule has 0 aliphatic rings. The van der Waals surface area contributed by atoms with Crippen LogP contribution in [-0.4, -0.2) is 30.6 Å². The summed E-state index contributed by atoms with van der Waals surface area (Å²) < 4.78 is 4.06. The molecule has 0 saturated heterocycles. The largest absolute Gasteiger partial charge is 0.350 e. The molecule has 0 atom stereocenters. The first-order valence-electron chi connectivity index (χ1n) is 7.62. The van der Waals surface area contributed by atoms with Crippen molar-refractivity contribution in [2.75, 3.05) is 6.26 Å². The van der Waals surface area contributed by atoms with E-state index in [1.807, 2.05) is 36.6 Å². The van der Waals surface area contributed by atoms with E-state index in [0.717, 1.165) is 32.3 Å². The summed E-state index contributed by atoms with van der Waals surface area (Å²) in [6.07, 6.45) is 5.54. The highest BCUT2D eigenvalue weighted by Gasteiger charge is 2.13. The SMILES string of the molecule is CSCc1nn(-c2ccc3nc(-c4cccnc4)sc3c2)c(=O)n1C. The number of hydrogen-bond acceptors (Lipinski definition) is 6. The Morgan fingerprint density at radius 2 is 2.16 bits per heavy atom. The Kier molecular flexibility index (Phi) is 4.14. The Bertz CT molecular complexity index is 1100. The lowest BCUT2D eigenvalue weighted by molar-refractivity contribution is 0.795. The van der Waals surface area contributed by atoms with Crippen LogP contribution in [0.2, 0.25) is 0 Å². The molecule has 4 rings (SSSR count). The van der Waals surface area contributed by atoms with E-state index in [1.54, 1.807) is 47.1 Å². The Morgan fingerprint density at radius 3 is 2.92 bits per heavy atom. The topological polar surface area (TPSA) is 65.6 Å². The van der Waals surface area contributed by atoms with Gasteiger partial charge in [-0.2, -0.15) is 16.4 Å². The standard InChI is InChI=1S/C17H15N5OS2/c1-21-15(10-24-2)20-22(17(21)23)12-5-6-13-14(8-12)25-16(19-13)11-4-3-7-18-9-11/h3-9H,10H2,1-2H3. The molecular weight excluding hydrogens is 354 g/mol. The van der Waals surface area contributed by atoms with Crippen molar-refractivity contribution in [2.24, 2.45) is 7.05 Å². The molecule has 126 valence electrons. The Labute approximate surface area is 152 Å². The lowest BCUT2D eigenvalue weighted by Gasteiger charge is -1.98. The molecule has 8 heteroatoms. The van der Waals surface area contributed by atoms with Crippen LogP contribution in [-0.2, 0) is 12.8 Å². The van der Waals surface area contributed by atoms with Crippen LogP contribution < -0.4 is 5.69 Å². The third-order valence-electron chi connectivity index (χ3n) is 3.87. The summed E-state index contributed by atoms with van der Waals surface area (Å²) in [4.78, 5) is 21.3. The minimum atomic E-state index is -0.139. The van der Waals surface area contributed by atoms with Crippen molar-refractivity contribution >= 4 is 33.3 Å². The van der Waals surface area contributed by atoms with Gasteiger partial charge < -0.3 is 0 Å². The second kappa shape index (κ2) is 6.45. The molecule has 0 N–H and O–H groups in total. The number of aromatic nitrogens is 5. The predicted molar refractivity (Wildman–Crippen MR) is 102 cm³/mol. The van der Waals surface area contributed by atoms with E-state index >= 15 is 0 Å². The van der Waals surface area contributed by atoms with Gasteiger partial charge in [-0.05, 0) is 36.6 Å². The molecule has 6 nitrogen and oxygen atoms in total. The molecule has 0 aliphatic carbocycles. The minimum Gasteiger partial charge on any atom is -0.281 e. The zero-order chi connectivity index (χ0) is 17.4. The highest BCUT2D eigenvalue weighted by molar-refractivity contribution is 7.97. The van der Waals surface area contributed by atoms with Crippen molar-refractivity contribution in [3.8, 4) is 16.3 Å². The number of thiazole rings is 1. The van der Waals surface area contributed by atoms with Gasteiger partial charge in [-0.3, -0.25) is 9.55 Å². The van der Waals surface area contributed by atoms with Gasteiger partial charge in [0, 0.05) is 25.0 Å². The predicted octanol–water partition coefficient (Wildman–Crippen LogP) is 3.11. The van der Waals surface area contributed by atoms with Gasteiger partial charge in [-0.15, -0.1) is 16.4 Å². The fourth-order valence-corrected chi connectivity index (χ4v) is 4.06. The minimum absolute atomic E-state index is 0.139. The number of rotatable bonds is 4. The maximum absolute atomic E-state index is 12.5. The molecule has 25 heavy (non-hydrogen) atoms. The van der Waals surface area contributed by atoms with E-state index in [9.17, 15) is 4.79 Å². The van der Waals surface area contributed by atoms with Gasteiger partial charge in [-0.1, -0.05) is 0 Å². The average Bonchev–Trinajstić information content (AvgIpc) is 3.19. The number of hydrogen-bond donors (Lipinski definition) is 0. The number of benzene rings is 1. The fraction of sp³-hybridized carbons (Fsp3) is 0.176. The lowest BCUT2D eigenvalue weighted by Crippen LogP contribution is -2.21. The van der Waals surface area contributed by atoms with E-state index in [-0.39, 0.29) is 5.69 Å². The van der Waals surface area contributed by atoms with Gasteiger partial charge in [0.2, 0.25) is 0 Å². The van der Waals surface area contributed by atoms with Crippen LogP contribution >= 0.6 is 23.1 Å². The molecular formula is C17H15N5OS2. The number of nitrogens with zero attached hydrogens (tertiary/aromatic N) is 5. The Hall–Kier alpha value is -2.45. The first-order valence-corrected chi connectivity index (χ1v) is 9.83. The number of thioether (sulfide) groups is 1.